The van der Waals surface area contributed by atoms with E-state index < -0.39 is 0 Å². The molecule has 0 heterocycles. The van der Waals surface area contributed by atoms with Gasteiger partial charge in [0.15, 0.2) is 0 Å². The third-order valence-electron chi connectivity index (χ3n) is 2.95. The van der Waals surface area contributed by atoms with Crippen molar-refractivity contribution in [3.05, 3.63) is 34.3 Å². The molecule has 1 N–H and O–H groups in total. The smallest absolute Gasteiger partial charge is 0.0411 e. The van der Waals surface area contributed by atoms with E-state index in [9.17, 15) is 0 Å². The maximum atomic E-state index is 6.13. The van der Waals surface area contributed by atoms with Crippen molar-refractivity contribution >= 4 is 11.6 Å². The van der Waals surface area contributed by atoms with Gasteiger partial charge < -0.3 is 5.32 Å². The number of hydrogen-bond acceptors (Lipinski definition) is 1. The minimum atomic E-state index is 0.451. The highest BCUT2D eigenvalue weighted by atomic mass is 35.5. The number of unbranched alkanes of at least 4 members (excludes halogenated alkanes) is 1. The largest absolute Gasteiger partial charge is 0.310 e. The van der Waals surface area contributed by atoms with Gasteiger partial charge in [0.2, 0.25) is 0 Å². The van der Waals surface area contributed by atoms with Gasteiger partial charge in [0.05, 0.1) is 0 Å². The Hall–Kier alpha value is -0.530. The molecular formula is C15H24ClN. The Bertz CT molecular complexity index is 307. The Labute approximate surface area is 111 Å². The summed E-state index contributed by atoms with van der Waals surface area (Å²) in [6.07, 6.45) is 4.86. The van der Waals surface area contributed by atoms with E-state index in [1.807, 2.05) is 6.07 Å². The zero-order valence-corrected chi connectivity index (χ0v) is 12.0. The van der Waals surface area contributed by atoms with Gasteiger partial charge in [-0.2, -0.15) is 0 Å². The van der Waals surface area contributed by atoms with Crippen LogP contribution >= 0.6 is 11.6 Å². The zero-order valence-electron chi connectivity index (χ0n) is 11.2. The van der Waals surface area contributed by atoms with Gasteiger partial charge in [-0.15, -0.1) is 0 Å². The molecule has 96 valence electrons. The van der Waals surface area contributed by atoms with Gasteiger partial charge in [-0.1, -0.05) is 44.4 Å². The van der Waals surface area contributed by atoms with Gasteiger partial charge in [0.1, 0.15) is 0 Å². The molecule has 0 bridgehead atoms. The predicted octanol–water partition coefficient (Wildman–Crippen LogP) is 4.88. The predicted molar refractivity (Wildman–Crippen MR) is 76.7 cm³/mol. The van der Waals surface area contributed by atoms with Crippen LogP contribution in [0.3, 0.4) is 0 Å². The van der Waals surface area contributed by atoms with Crippen molar-refractivity contribution in [2.45, 2.75) is 52.5 Å². The van der Waals surface area contributed by atoms with Crippen LogP contribution in [-0.4, -0.2) is 6.54 Å². The topological polar surface area (TPSA) is 12.0 Å². The minimum Gasteiger partial charge on any atom is -0.310 e. The van der Waals surface area contributed by atoms with Gasteiger partial charge in [-0.3, -0.25) is 0 Å². The maximum absolute atomic E-state index is 6.13. The van der Waals surface area contributed by atoms with Gasteiger partial charge in [-0.05, 0) is 49.6 Å². The van der Waals surface area contributed by atoms with Crippen LogP contribution in [-0.2, 0) is 0 Å². The Morgan fingerprint density at radius 2 is 1.94 bits per heavy atom. The third-order valence-corrected chi connectivity index (χ3v) is 3.17. The van der Waals surface area contributed by atoms with Crippen LogP contribution in [0.1, 0.15) is 56.7 Å². The van der Waals surface area contributed by atoms with Crippen molar-refractivity contribution in [1.29, 1.82) is 0 Å². The van der Waals surface area contributed by atoms with Crippen molar-refractivity contribution in [2.24, 2.45) is 0 Å². The van der Waals surface area contributed by atoms with E-state index in [0.717, 1.165) is 11.6 Å². The highest BCUT2D eigenvalue weighted by Crippen LogP contribution is 2.24. The highest BCUT2D eigenvalue weighted by Gasteiger charge is 2.10. The molecule has 1 unspecified atom stereocenters. The summed E-state index contributed by atoms with van der Waals surface area (Å²) in [5, 5.41) is 4.46. The van der Waals surface area contributed by atoms with Crippen molar-refractivity contribution in [3.63, 3.8) is 0 Å². The molecule has 0 saturated carbocycles. The number of rotatable bonds is 7. The van der Waals surface area contributed by atoms with Crippen LogP contribution < -0.4 is 5.32 Å². The molecule has 2 heteroatoms. The van der Waals surface area contributed by atoms with Gasteiger partial charge in [0, 0.05) is 11.1 Å². The Kier molecular flexibility index (Phi) is 6.61. The molecule has 0 amide bonds. The molecule has 1 aromatic rings. The lowest BCUT2D eigenvalue weighted by atomic mass is 9.99. The fraction of sp³-hybridized carbons (Fsp3) is 0.600. The molecule has 17 heavy (non-hydrogen) atoms. The van der Waals surface area contributed by atoms with E-state index in [4.69, 9.17) is 11.6 Å². The van der Waals surface area contributed by atoms with Crippen molar-refractivity contribution in [2.75, 3.05) is 6.54 Å². The van der Waals surface area contributed by atoms with Crippen LogP contribution in [0.15, 0.2) is 18.2 Å². The quantitative estimate of drug-likeness (QED) is 0.730. The summed E-state index contributed by atoms with van der Waals surface area (Å²) in [4.78, 5) is 0. The third kappa shape index (κ3) is 5.10. The number of halogens is 1. The normalized spacial score (nSPS) is 12.7. The number of benzene rings is 1. The molecule has 1 rings (SSSR count). The van der Waals surface area contributed by atoms with E-state index in [-0.39, 0.29) is 0 Å². The summed E-state index contributed by atoms with van der Waals surface area (Å²) in [6.45, 7) is 7.61. The molecule has 0 saturated heterocycles. The monoisotopic (exact) mass is 253 g/mol. The summed E-state index contributed by atoms with van der Waals surface area (Å²) in [5.41, 5.74) is 2.57. The Balaban J connectivity index is 2.78. The maximum Gasteiger partial charge on any atom is 0.0411 e. The molecule has 1 nitrogen and oxygen atoms in total. The first-order valence-corrected chi connectivity index (χ1v) is 7.05. The molecule has 0 spiro atoms. The van der Waals surface area contributed by atoms with E-state index in [0.29, 0.717) is 6.04 Å². The van der Waals surface area contributed by atoms with Crippen LogP contribution in [0.4, 0.5) is 0 Å². The molecule has 0 aromatic heterocycles. The van der Waals surface area contributed by atoms with E-state index in [2.05, 4.69) is 38.2 Å². The summed E-state index contributed by atoms with van der Waals surface area (Å²) in [6, 6.07) is 6.81. The van der Waals surface area contributed by atoms with Crippen LogP contribution in [0.25, 0.3) is 0 Å². The molecule has 0 fully saturated rings. The van der Waals surface area contributed by atoms with Crippen LogP contribution in [0.2, 0.25) is 5.02 Å². The number of aryl methyl sites for hydroxylation is 1. The Morgan fingerprint density at radius 3 is 2.53 bits per heavy atom. The first kappa shape index (κ1) is 14.5. The number of nitrogens with one attached hydrogen (secondary N) is 1. The summed E-state index contributed by atoms with van der Waals surface area (Å²) in [7, 11) is 0. The molecule has 1 aromatic carbocycles. The minimum absolute atomic E-state index is 0.451. The van der Waals surface area contributed by atoms with E-state index in [1.165, 1.54) is 36.8 Å². The summed E-state index contributed by atoms with van der Waals surface area (Å²) >= 11 is 6.13. The summed E-state index contributed by atoms with van der Waals surface area (Å²) in [5.74, 6) is 0. The van der Waals surface area contributed by atoms with Gasteiger partial charge in [-0.25, -0.2) is 0 Å². The molecule has 0 aliphatic carbocycles. The second-order valence-corrected chi connectivity index (χ2v) is 5.15. The molecule has 0 radical (unpaired) electrons. The van der Waals surface area contributed by atoms with Crippen molar-refractivity contribution in [3.8, 4) is 0 Å². The standard InChI is InChI=1S/C15H24ClN/c1-4-6-7-15(17-8-5-2)13-9-12(3)10-14(16)11-13/h9-11,15,17H,4-8H2,1-3H3. The fourth-order valence-corrected chi connectivity index (χ4v) is 2.38. The van der Waals surface area contributed by atoms with Crippen LogP contribution in [0, 0.1) is 6.92 Å². The van der Waals surface area contributed by atoms with Crippen molar-refractivity contribution in [1.82, 2.24) is 5.32 Å². The van der Waals surface area contributed by atoms with Gasteiger partial charge in [0.25, 0.3) is 0 Å². The highest BCUT2D eigenvalue weighted by molar-refractivity contribution is 6.30. The summed E-state index contributed by atoms with van der Waals surface area (Å²) < 4.78 is 0. The zero-order chi connectivity index (χ0) is 12.7. The molecule has 0 aliphatic heterocycles. The molecule has 1 atom stereocenters. The van der Waals surface area contributed by atoms with E-state index >= 15 is 0 Å². The lowest BCUT2D eigenvalue weighted by molar-refractivity contribution is 0.481. The first-order chi connectivity index (χ1) is 8.17. The van der Waals surface area contributed by atoms with Crippen molar-refractivity contribution < 1.29 is 0 Å². The second-order valence-electron chi connectivity index (χ2n) is 4.71. The van der Waals surface area contributed by atoms with E-state index in [1.54, 1.807) is 0 Å². The second kappa shape index (κ2) is 7.73. The van der Waals surface area contributed by atoms with Crippen LogP contribution in [0.5, 0.6) is 0 Å². The number of hydrogen-bond donors (Lipinski definition) is 1. The Morgan fingerprint density at radius 1 is 1.18 bits per heavy atom. The lowest BCUT2D eigenvalue weighted by Gasteiger charge is -2.19. The molecular weight excluding hydrogens is 230 g/mol. The lowest BCUT2D eigenvalue weighted by Crippen LogP contribution is -2.22. The fourth-order valence-electron chi connectivity index (χ4n) is 2.08. The first-order valence-electron chi connectivity index (χ1n) is 6.67. The average Bonchev–Trinajstić information content (AvgIpc) is 2.28. The average molecular weight is 254 g/mol. The SMILES string of the molecule is CCCCC(NCCC)c1cc(C)cc(Cl)c1. The molecule has 0 aliphatic rings. The van der Waals surface area contributed by atoms with Gasteiger partial charge >= 0.3 is 0 Å².